The van der Waals surface area contributed by atoms with Gasteiger partial charge in [0.1, 0.15) is 13.2 Å². The molecule has 0 aliphatic carbocycles. The molecule has 0 spiro atoms. The third-order valence-electron chi connectivity index (χ3n) is 5.98. The van der Waals surface area contributed by atoms with E-state index in [4.69, 9.17) is 21.1 Å². The van der Waals surface area contributed by atoms with Crippen LogP contribution in [-0.4, -0.2) is 51.1 Å². The van der Waals surface area contributed by atoms with E-state index < -0.39 is 0 Å². The van der Waals surface area contributed by atoms with E-state index in [0.717, 1.165) is 47.8 Å². The molecular formula is C25H25ClN4O3S. The smallest absolute Gasteiger partial charge is 0.233 e. The van der Waals surface area contributed by atoms with Crippen LogP contribution in [0.15, 0.2) is 60.3 Å². The summed E-state index contributed by atoms with van der Waals surface area (Å²) in [5.74, 6) is 2.62. The molecule has 0 saturated carbocycles. The second kappa shape index (κ2) is 10.1. The number of ether oxygens (including phenoxy) is 2. The number of rotatable bonds is 7. The molecule has 3 heterocycles. The number of amides is 1. The molecule has 9 heteroatoms. The van der Waals surface area contributed by atoms with Gasteiger partial charge in [0.05, 0.1) is 11.8 Å². The molecule has 2 aromatic carbocycles. The fraction of sp³-hybridized carbons (Fsp3) is 0.320. The van der Waals surface area contributed by atoms with Gasteiger partial charge >= 0.3 is 0 Å². The average Bonchev–Trinajstić information content (AvgIpc) is 3.51. The molecule has 176 valence electrons. The molecule has 1 atom stereocenters. The number of hydrogen-bond acceptors (Lipinski definition) is 6. The van der Waals surface area contributed by atoms with Crippen molar-refractivity contribution in [3.63, 3.8) is 0 Å². The summed E-state index contributed by atoms with van der Waals surface area (Å²) < 4.78 is 13.3. The van der Waals surface area contributed by atoms with Gasteiger partial charge in [-0.3, -0.25) is 9.36 Å². The van der Waals surface area contributed by atoms with Crippen molar-refractivity contribution in [1.82, 2.24) is 19.7 Å². The monoisotopic (exact) mass is 496 g/mol. The van der Waals surface area contributed by atoms with Crippen LogP contribution in [0.3, 0.4) is 0 Å². The second-order valence-electron chi connectivity index (χ2n) is 8.15. The van der Waals surface area contributed by atoms with Gasteiger partial charge in [0.2, 0.25) is 5.91 Å². The second-order valence-corrected chi connectivity index (χ2v) is 9.53. The van der Waals surface area contributed by atoms with Gasteiger partial charge in [-0.25, -0.2) is 0 Å². The molecule has 0 radical (unpaired) electrons. The summed E-state index contributed by atoms with van der Waals surface area (Å²) in [6.45, 7) is 6.26. The Balaban J connectivity index is 1.30. The van der Waals surface area contributed by atoms with Crippen molar-refractivity contribution in [2.24, 2.45) is 0 Å². The molecule has 1 unspecified atom stereocenters. The average molecular weight is 497 g/mol. The summed E-state index contributed by atoms with van der Waals surface area (Å²) in [5.41, 5.74) is 2.00. The predicted molar refractivity (Wildman–Crippen MR) is 133 cm³/mol. The lowest BCUT2D eigenvalue weighted by molar-refractivity contribution is -0.129. The summed E-state index contributed by atoms with van der Waals surface area (Å²) in [5, 5.41) is 10.1. The number of fused-ring (bicyclic) bond motifs is 1. The van der Waals surface area contributed by atoms with Gasteiger partial charge in [-0.05, 0) is 54.8 Å². The first-order valence-corrected chi connectivity index (χ1v) is 12.6. The Bertz CT molecular complexity index is 1200. The molecule has 1 aromatic heterocycles. The zero-order valence-corrected chi connectivity index (χ0v) is 20.2. The molecule has 2 aliphatic rings. The van der Waals surface area contributed by atoms with Gasteiger partial charge in [-0.15, -0.1) is 16.8 Å². The lowest BCUT2D eigenvalue weighted by Gasteiger charge is -2.26. The predicted octanol–water partition coefficient (Wildman–Crippen LogP) is 5.01. The summed E-state index contributed by atoms with van der Waals surface area (Å²) in [7, 11) is 0. The van der Waals surface area contributed by atoms with Crippen LogP contribution in [0.5, 0.6) is 11.5 Å². The van der Waals surface area contributed by atoms with Crippen LogP contribution in [0.1, 0.15) is 24.4 Å². The molecule has 7 nitrogen and oxygen atoms in total. The van der Waals surface area contributed by atoms with Gasteiger partial charge in [0.25, 0.3) is 0 Å². The Hall–Kier alpha value is -2.97. The van der Waals surface area contributed by atoms with Crippen LogP contribution in [0.25, 0.3) is 11.4 Å². The highest BCUT2D eigenvalue weighted by Crippen LogP contribution is 2.38. The highest BCUT2D eigenvalue weighted by atomic mass is 35.5. The Morgan fingerprint density at radius 2 is 1.94 bits per heavy atom. The number of nitrogens with zero attached hydrogens (tertiary/aromatic N) is 4. The first-order chi connectivity index (χ1) is 16.6. The molecule has 3 aromatic rings. The van der Waals surface area contributed by atoms with Crippen LogP contribution in [0.2, 0.25) is 5.02 Å². The van der Waals surface area contributed by atoms with E-state index in [1.54, 1.807) is 6.08 Å². The van der Waals surface area contributed by atoms with E-state index >= 15 is 0 Å². The van der Waals surface area contributed by atoms with Crippen molar-refractivity contribution >= 4 is 29.3 Å². The SMILES string of the molecule is C=CCn1c(SCC(=O)N2CCCC2c2ccc3c(c2)OCCO3)nnc1-c1ccc(Cl)cc1. The molecule has 1 amide bonds. The van der Waals surface area contributed by atoms with Crippen molar-refractivity contribution in [1.29, 1.82) is 0 Å². The van der Waals surface area contributed by atoms with Crippen LogP contribution in [0.4, 0.5) is 0 Å². The molecule has 0 bridgehead atoms. The maximum absolute atomic E-state index is 13.2. The highest BCUT2D eigenvalue weighted by molar-refractivity contribution is 7.99. The van der Waals surface area contributed by atoms with E-state index in [-0.39, 0.29) is 17.7 Å². The number of carbonyl (C=O) groups is 1. The number of likely N-dealkylation sites (tertiary alicyclic amines) is 1. The summed E-state index contributed by atoms with van der Waals surface area (Å²) >= 11 is 7.42. The molecular weight excluding hydrogens is 472 g/mol. The zero-order chi connectivity index (χ0) is 23.5. The maximum atomic E-state index is 13.2. The van der Waals surface area contributed by atoms with E-state index in [2.05, 4.69) is 16.8 Å². The van der Waals surface area contributed by atoms with Crippen molar-refractivity contribution < 1.29 is 14.3 Å². The number of halogens is 1. The van der Waals surface area contributed by atoms with Gasteiger partial charge in [0, 0.05) is 23.7 Å². The first kappa shape index (κ1) is 22.8. The third kappa shape index (κ3) is 4.65. The number of aromatic nitrogens is 3. The number of carbonyl (C=O) groups excluding carboxylic acids is 1. The molecule has 5 rings (SSSR count). The Morgan fingerprint density at radius 1 is 1.15 bits per heavy atom. The van der Waals surface area contributed by atoms with E-state index in [9.17, 15) is 4.79 Å². The molecule has 2 aliphatic heterocycles. The highest BCUT2D eigenvalue weighted by Gasteiger charge is 2.31. The lowest BCUT2D eigenvalue weighted by Crippen LogP contribution is -2.32. The van der Waals surface area contributed by atoms with Crippen molar-refractivity contribution in [2.75, 3.05) is 25.5 Å². The summed E-state index contributed by atoms with van der Waals surface area (Å²) in [4.78, 5) is 15.2. The normalized spacial score (nSPS) is 17.1. The Labute approximate surface area is 207 Å². The third-order valence-corrected chi connectivity index (χ3v) is 7.18. The van der Waals surface area contributed by atoms with E-state index in [0.29, 0.717) is 29.9 Å². The van der Waals surface area contributed by atoms with Crippen LogP contribution in [-0.2, 0) is 11.3 Å². The van der Waals surface area contributed by atoms with Gasteiger partial charge in [-0.1, -0.05) is 35.5 Å². The minimum Gasteiger partial charge on any atom is -0.486 e. The number of hydrogen-bond donors (Lipinski definition) is 0. The largest absolute Gasteiger partial charge is 0.486 e. The van der Waals surface area contributed by atoms with Gasteiger partial charge in [-0.2, -0.15) is 0 Å². The number of thioether (sulfide) groups is 1. The van der Waals surface area contributed by atoms with E-state index in [1.165, 1.54) is 11.8 Å². The van der Waals surface area contributed by atoms with Crippen molar-refractivity contribution in [2.45, 2.75) is 30.6 Å². The summed E-state index contributed by atoms with van der Waals surface area (Å²) in [6, 6.07) is 13.5. The van der Waals surface area contributed by atoms with Crippen LogP contribution >= 0.6 is 23.4 Å². The molecule has 1 saturated heterocycles. The minimum atomic E-state index is 0.0413. The molecule has 0 N–H and O–H groups in total. The summed E-state index contributed by atoms with van der Waals surface area (Å²) in [6.07, 6.45) is 3.71. The first-order valence-electron chi connectivity index (χ1n) is 11.3. The number of allylic oxidation sites excluding steroid dienone is 1. The fourth-order valence-corrected chi connectivity index (χ4v) is 5.35. The molecule has 1 fully saturated rings. The number of benzene rings is 2. The van der Waals surface area contributed by atoms with E-state index in [1.807, 2.05) is 51.9 Å². The van der Waals surface area contributed by atoms with Gasteiger partial charge < -0.3 is 14.4 Å². The van der Waals surface area contributed by atoms with Gasteiger partial charge in [0.15, 0.2) is 22.5 Å². The molecule has 34 heavy (non-hydrogen) atoms. The standard InChI is InChI=1S/C25H25ClN4O3S/c1-2-11-30-24(17-5-8-19(26)9-6-17)27-28-25(30)34-16-23(31)29-12-3-4-20(29)18-7-10-21-22(15-18)33-14-13-32-21/h2,5-10,15,20H,1,3-4,11-14,16H2. The fourth-order valence-electron chi connectivity index (χ4n) is 4.39. The van der Waals surface area contributed by atoms with Crippen LogP contribution in [0, 0.1) is 0 Å². The van der Waals surface area contributed by atoms with Crippen molar-refractivity contribution in [3.8, 4) is 22.9 Å². The zero-order valence-electron chi connectivity index (χ0n) is 18.7. The van der Waals surface area contributed by atoms with Crippen molar-refractivity contribution in [3.05, 3.63) is 65.7 Å². The quantitative estimate of drug-likeness (QED) is 0.338. The maximum Gasteiger partial charge on any atom is 0.233 e. The van der Waals surface area contributed by atoms with Crippen LogP contribution < -0.4 is 9.47 Å². The topological polar surface area (TPSA) is 69.5 Å². The lowest BCUT2D eigenvalue weighted by atomic mass is 10.0. The Kier molecular flexibility index (Phi) is 6.78. The minimum absolute atomic E-state index is 0.0413. The Morgan fingerprint density at radius 3 is 2.74 bits per heavy atom.